The van der Waals surface area contributed by atoms with Crippen molar-refractivity contribution in [1.82, 2.24) is 29.4 Å². The van der Waals surface area contributed by atoms with Gasteiger partial charge in [-0.05, 0) is 56.4 Å². The lowest BCUT2D eigenvalue weighted by molar-refractivity contribution is 0.104. The second-order valence-corrected chi connectivity index (χ2v) is 8.51. The average Bonchev–Trinajstić information content (AvgIpc) is 2.58. The Bertz CT molecular complexity index is 288. The molecule has 0 aromatic rings. The first-order valence-electron chi connectivity index (χ1n) is 10.3. The van der Waals surface area contributed by atoms with Gasteiger partial charge in [0.15, 0.2) is 0 Å². The molecular weight excluding hydrogens is 340 g/mol. The third kappa shape index (κ3) is 18.8. The van der Waals surface area contributed by atoms with Gasteiger partial charge in [-0.1, -0.05) is 0 Å². The zero-order valence-corrected chi connectivity index (χ0v) is 19.6. The number of hydrogen-bond acceptors (Lipinski definition) is 7. The summed E-state index contributed by atoms with van der Waals surface area (Å²) in [4.78, 5) is 13.9. The fourth-order valence-corrected chi connectivity index (χ4v) is 2.52. The Hall–Kier alpha value is -0.280. The van der Waals surface area contributed by atoms with Crippen LogP contribution in [0.2, 0.25) is 0 Å². The summed E-state index contributed by atoms with van der Waals surface area (Å²) in [6.45, 7) is 13.4. The van der Waals surface area contributed by atoms with Gasteiger partial charge >= 0.3 is 0 Å². The Morgan fingerprint density at radius 1 is 0.519 bits per heavy atom. The number of hydrogen-bond donors (Lipinski definition) is 0. The van der Waals surface area contributed by atoms with Crippen LogP contribution in [0.3, 0.4) is 0 Å². The van der Waals surface area contributed by atoms with Gasteiger partial charge in [0.25, 0.3) is 0 Å². The highest BCUT2D eigenvalue weighted by Gasteiger charge is 2.16. The Labute approximate surface area is 169 Å². The van der Waals surface area contributed by atoms with E-state index in [4.69, 9.17) is 4.74 Å². The van der Waals surface area contributed by atoms with E-state index in [0.717, 1.165) is 26.3 Å². The molecule has 0 aromatic heterocycles. The second kappa shape index (κ2) is 16.7. The van der Waals surface area contributed by atoms with E-state index in [1.165, 1.54) is 52.4 Å². The van der Waals surface area contributed by atoms with E-state index in [0.29, 0.717) is 0 Å². The van der Waals surface area contributed by atoms with E-state index in [9.17, 15) is 0 Å². The average molecular weight is 389 g/mol. The molecule has 0 bridgehead atoms. The summed E-state index contributed by atoms with van der Waals surface area (Å²) in [6.07, 6.45) is 0. The summed E-state index contributed by atoms with van der Waals surface area (Å²) in [6, 6.07) is 0. The van der Waals surface area contributed by atoms with Gasteiger partial charge in [0.05, 0.1) is 13.2 Å². The summed E-state index contributed by atoms with van der Waals surface area (Å²) in [5.41, 5.74) is 0. The molecule has 0 atom stereocenters. The van der Waals surface area contributed by atoms with E-state index in [-0.39, 0.29) is 0 Å². The molecule has 1 aliphatic heterocycles. The fourth-order valence-electron chi connectivity index (χ4n) is 2.52. The van der Waals surface area contributed by atoms with Crippen LogP contribution in [0.25, 0.3) is 0 Å². The van der Waals surface area contributed by atoms with Crippen molar-refractivity contribution < 1.29 is 4.74 Å². The van der Waals surface area contributed by atoms with Gasteiger partial charge in [0, 0.05) is 65.4 Å². The minimum atomic E-state index is 0.834. The topological polar surface area (TPSA) is 28.7 Å². The maximum absolute atomic E-state index is 5.37. The normalized spacial score (nSPS) is 16.4. The molecule has 1 fully saturated rings. The first-order valence-corrected chi connectivity index (χ1v) is 10.3. The van der Waals surface area contributed by atoms with Crippen LogP contribution in [0, 0.1) is 0 Å². The Kier molecular flexibility index (Phi) is 16.5. The maximum Gasteiger partial charge on any atom is 0.0593 e. The molecule has 0 aromatic carbocycles. The smallest absolute Gasteiger partial charge is 0.0593 e. The van der Waals surface area contributed by atoms with Crippen LogP contribution in [-0.2, 0) is 4.74 Å². The van der Waals surface area contributed by atoms with Gasteiger partial charge in [-0.15, -0.1) is 0 Å². The monoisotopic (exact) mass is 388 g/mol. The molecule has 0 N–H and O–H groups in total. The largest absolute Gasteiger partial charge is 0.379 e. The minimum absolute atomic E-state index is 0.834. The second-order valence-electron chi connectivity index (χ2n) is 8.51. The molecular formula is C20H48N6O. The van der Waals surface area contributed by atoms with Crippen molar-refractivity contribution in [2.24, 2.45) is 0 Å². The van der Waals surface area contributed by atoms with Crippen molar-refractivity contribution in [3.63, 3.8) is 0 Å². The molecule has 27 heavy (non-hydrogen) atoms. The van der Waals surface area contributed by atoms with Crippen molar-refractivity contribution >= 4 is 0 Å². The Balaban J connectivity index is 0.000000541. The molecule has 1 rings (SSSR count). The third-order valence-corrected chi connectivity index (χ3v) is 4.56. The molecule has 0 unspecified atom stereocenters. The van der Waals surface area contributed by atoms with Crippen LogP contribution in [0.4, 0.5) is 0 Å². The minimum Gasteiger partial charge on any atom is -0.379 e. The molecule has 1 saturated heterocycles. The standard InChI is InChI=1S/C12H28N4.C8H20N2O/c1-13(2)5-7-15-9-11-16(12-10-15)8-6-14(3)4;1-9(2)5-7-11-8-6-10(3)4/h5-12H2,1-4H3;5-8H2,1-4H3. The predicted octanol–water partition coefficient (Wildman–Crippen LogP) is -0.147. The SMILES string of the molecule is CN(C)CCN1CCN(CCN(C)C)CC1.CN(C)CCOCCN(C)C. The van der Waals surface area contributed by atoms with Crippen LogP contribution in [-0.4, -0.2) is 164 Å². The predicted molar refractivity (Wildman–Crippen MR) is 118 cm³/mol. The number of likely N-dealkylation sites (N-methyl/N-ethyl adjacent to an activating group) is 4. The summed E-state index contributed by atoms with van der Waals surface area (Å²) in [5, 5.41) is 0. The molecule has 7 heteroatoms. The zero-order chi connectivity index (χ0) is 20.7. The molecule has 0 radical (unpaired) electrons. The molecule has 0 aliphatic carbocycles. The third-order valence-electron chi connectivity index (χ3n) is 4.56. The lowest BCUT2D eigenvalue weighted by Crippen LogP contribution is -2.49. The van der Waals surface area contributed by atoms with Gasteiger partial charge < -0.3 is 24.3 Å². The van der Waals surface area contributed by atoms with E-state index in [1.54, 1.807) is 0 Å². The first kappa shape index (κ1) is 26.7. The molecule has 0 amide bonds. The van der Waals surface area contributed by atoms with Crippen LogP contribution in [0.15, 0.2) is 0 Å². The Morgan fingerprint density at radius 3 is 1.07 bits per heavy atom. The van der Waals surface area contributed by atoms with E-state index >= 15 is 0 Å². The van der Waals surface area contributed by atoms with Crippen LogP contribution in [0.5, 0.6) is 0 Å². The van der Waals surface area contributed by atoms with Gasteiger partial charge in [0.2, 0.25) is 0 Å². The highest BCUT2D eigenvalue weighted by molar-refractivity contribution is 4.72. The van der Waals surface area contributed by atoms with Crippen molar-refractivity contribution in [1.29, 1.82) is 0 Å². The van der Waals surface area contributed by atoms with Gasteiger partial charge in [0.1, 0.15) is 0 Å². The molecule has 0 saturated carbocycles. The number of piperazine rings is 1. The highest BCUT2D eigenvalue weighted by Crippen LogP contribution is 2.01. The quantitative estimate of drug-likeness (QED) is 0.430. The summed E-state index contributed by atoms with van der Waals surface area (Å²) >= 11 is 0. The molecule has 164 valence electrons. The molecule has 1 heterocycles. The number of rotatable bonds is 12. The van der Waals surface area contributed by atoms with Crippen LogP contribution < -0.4 is 0 Å². The van der Waals surface area contributed by atoms with Crippen LogP contribution >= 0.6 is 0 Å². The lowest BCUT2D eigenvalue weighted by Gasteiger charge is -2.35. The summed E-state index contributed by atoms with van der Waals surface area (Å²) in [5.74, 6) is 0. The van der Waals surface area contributed by atoms with Crippen molar-refractivity contribution in [3.05, 3.63) is 0 Å². The van der Waals surface area contributed by atoms with Crippen molar-refractivity contribution in [2.45, 2.75) is 0 Å². The zero-order valence-electron chi connectivity index (χ0n) is 19.6. The number of nitrogens with zero attached hydrogens (tertiary/aromatic N) is 6. The number of ether oxygens (including phenoxy) is 1. The van der Waals surface area contributed by atoms with E-state index in [1.807, 2.05) is 0 Å². The first-order chi connectivity index (χ1) is 12.7. The van der Waals surface area contributed by atoms with Gasteiger partial charge in [-0.3, -0.25) is 9.80 Å². The summed E-state index contributed by atoms with van der Waals surface area (Å²) in [7, 11) is 16.8. The van der Waals surface area contributed by atoms with Crippen LogP contribution in [0.1, 0.15) is 0 Å². The van der Waals surface area contributed by atoms with Gasteiger partial charge in [-0.25, -0.2) is 0 Å². The maximum atomic E-state index is 5.37. The molecule has 1 aliphatic rings. The van der Waals surface area contributed by atoms with Gasteiger partial charge in [-0.2, -0.15) is 0 Å². The molecule has 0 spiro atoms. The highest BCUT2D eigenvalue weighted by atomic mass is 16.5. The fraction of sp³-hybridized carbons (Fsp3) is 1.00. The molecule has 7 nitrogen and oxygen atoms in total. The Morgan fingerprint density at radius 2 is 0.815 bits per heavy atom. The van der Waals surface area contributed by atoms with E-state index < -0.39 is 0 Å². The lowest BCUT2D eigenvalue weighted by atomic mass is 10.3. The summed E-state index contributed by atoms with van der Waals surface area (Å²) < 4.78 is 5.37. The van der Waals surface area contributed by atoms with Crippen molar-refractivity contribution in [3.8, 4) is 0 Å². The van der Waals surface area contributed by atoms with E-state index in [2.05, 4.69) is 85.8 Å². The van der Waals surface area contributed by atoms with Crippen molar-refractivity contribution in [2.75, 3.05) is 135 Å².